The maximum absolute atomic E-state index is 13.4. The molecule has 0 fully saturated rings. The van der Waals surface area contributed by atoms with Crippen LogP contribution >= 0.6 is 0 Å². The minimum absolute atomic E-state index is 0.270. The standard InChI is InChI=1S/C24H23FN4/c1-3-4-5-8-19-16(2)20(15-26)24-28-21-9-6-7-10-22(21)29(24)23(19)27-18-13-11-17(25)12-14-18/h6-7,9-14,27H,3-5,8H2,1-2H3. The molecule has 5 heteroatoms. The molecule has 0 bridgehead atoms. The molecule has 0 unspecified atom stereocenters. The number of imidazole rings is 1. The number of benzene rings is 2. The highest BCUT2D eigenvalue weighted by Crippen LogP contribution is 2.33. The van der Waals surface area contributed by atoms with Crippen molar-refractivity contribution in [2.45, 2.75) is 39.5 Å². The van der Waals surface area contributed by atoms with Crippen LogP contribution in [-0.4, -0.2) is 9.38 Å². The van der Waals surface area contributed by atoms with E-state index in [4.69, 9.17) is 4.98 Å². The summed E-state index contributed by atoms with van der Waals surface area (Å²) in [4.78, 5) is 4.74. The quantitative estimate of drug-likeness (QED) is 0.397. The first-order valence-electron chi connectivity index (χ1n) is 9.99. The van der Waals surface area contributed by atoms with Crippen molar-refractivity contribution in [3.05, 3.63) is 71.0 Å². The zero-order valence-electron chi connectivity index (χ0n) is 16.7. The van der Waals surface area contributed by atoms with Crippen molar-refractivity contribution in [1.29, 1.82) is 5.26 Å². The van der Waals surface area contributed by atoms with Crippen LogP contribution in [0.2, 0.25) is 0 Å². The number of nitrogens with zero attached hydrogens (tertiary/aromatic N) is 3. The smallest absolute Gasteiger partial charge is 0.157 e. The Morgan fingerprint density at radius 2 is 1.86 bits per heavy atom. The number of nitrogens with one attached hydrogen (secondary N) is 1. The van der Waals surface area contributed by atoms with Gasteiger partial charge in [-0.25, -0.2) is 9.37 Å². The number of fused-ring (bicyclic) bond motifs is 3. The molecular weight excluding hydrogens is 363 g/mol. The van der Waals surface area contributed by atoms with Crippen LogP contribution in [0.25, 0.3) is 16.7 Å². The van der Waals surface area contributed by atoms with Crippen molar-refractivity contribution in [2.24, 2.45) is 0 Å². The lowest BCUT2D eigenvalue weighted by Gasteiger charge is -2.19. The predicted molar refractivity (Wildman–Crippen MR) is 115 cm³/mol. The summed E-state index contributed by atoms with van der Waals surface area (Å²) in [6.45, 7) is 4.17. The summed E-state index contributed by atoms with van der Waals surface area (Å²) >= 11 is 0. The van der Waals surface area contributed by atoms with E-state index in [0.717, 1.165) is 59.3 Å². The lowest BCUT2D eigenvalue weighted by molar-refractivity contribution is 0.628. The summed E-state index contributed by atoms with van der Waals surface area (Å²) < 4.78 is 15.4. The molecule has 2 aromatic heterocycles. The maximum Gasteiger partial charge on any atom is 0.157 e. The number of halogens is 1. The number of aromatic nitrogens is 2. The zero-order valence-corrected chi connectivity index (χ0v) is 16.7. The summed E-state index contributed by atoms with van der Waals surface area (Å²) in [5.41, 5.74) is 5.90. The highest BCUT2D eigenvalue weighted by atomic mass is 19.1. The Bertz CT molecular complexity index is 1220. The van der Waals surface area contributed by atoms with Gasteiger partial charge in [-0.2, -0.15) is 5.26 Å². The molecule has 0 spiro atoms. The highest BCUT2D eigenvalue weighted by Gasteiger charge is 2.20. The molecule has 29 heavy (non-hydrogen) atoms. The van der Waals surface area contributed by atoms with Gasteiger partial charge in [0, 0.05) is 5.69 Å². The topological polar surface area (TPSA) is 53.1 Å². The van der Waals surface area contributed by atoms with Crippen LogP contribution in [0.15, 0.2) is 48.5 Å². The Labute approximate surface area is 169 Å². The normalized spacial score (nSPS) is 11.1. The fraction of sp³-hybridized carbons (Fsp3) is 0.250. The largest absolute Gasteiger partial charge is 0.341 e. The number of hydrogen-bond donors (Lipinski definition) is 1. The highest BCUT2D eigenvalue weighted by molar-refractivity contribution is 5.87. The Balaban J connectivity index is 2.01. The van der Waals surface area contributed by atoms with Crippen molar-refractivity contribution in [2.75, 3.05) is 5.32 Å². The van der Waals surface area contributed by atoms with E-state index in [1.165, 1.54) is 12.1 Å². The molecule has 4 rings (SSSR count). The third kappa shape index (κ3) is 3.42. The Kier molecular flexibility index (Phi) is 5.18. The van der Waals surface area contributed by atoms with Gasteiger partial charge in [0.05, 0.1) is 16.6 Å². The first-order chi connectivity index (χ1) is 14.1. The van der Waals surface area contributed by atoms with Gasteiger partial charge in [0.15, 0.2) is 5.65 Å². The number of hydrogen-bond acceptors (Lipinski definition) is 3. The second kappa shape index (κ2) is 7.92. The molecule has 0 aliphatic carbocycles. The minimum atomic E-state index is -0.270. The minimum Gasteiger partial charge on any atom is -0.341 e. The zero-order chi connectivity index (χ0) is 20.4. The molecular formula is C24H23FN4. The number of pyridine rings is 1. The van der Waals surface area contributed by atoms with Gasteiger partial charge in [-0.05, 0) is 67.3 Å². The molecule has 0 atom stereocenters. The summed E-state index contributed by atoms with van der Waals surface area (Å²) in [6.07, 6.45) is 4.15. The lowest BCUT2D eigenvalue weighted by atomic mass is 9.99. The van der Waals surface area contributed by atoms with E-state index in [9.17, 15) is 9.65 Å². The first-order valence-corrected chi connectivity index (χ1v) is 9.99. The van der Waals surface area contributed by atoms with Crippen LogP contribution in [0.5, 0.6) is 0 Å². The molecule has 0 amide bonds. The summed E-state index contributed by atoms with van der Waals surface area (Å²) in [7, 11) is 0. The number of nitriles is 1. The molecule has 4 nitrogen and oxygen atoms in total. The third-order valence-corrected chi connectivity index (χ3v) is 5.37. The molecule has 2 heterocycles. The molecule has 0 radical (unpaired) electrons. The van der Waals surface area contributed by atoms with Gasteiger partial charge in [0.2, 0.25) is 0 Å². The molecule has 1 N–H and O–H groups in total. The Hall–Kier alpha value is -3.39. The Morgan fingerprint density at radius 1 is 1.10 bits per heavy atom. The molecule has 2 aromatic carbocycles. The van der Waals surface area contributed by atoms with E-state index in [1.807, 2.05) is 35.6 Å². The Morgan fingerprint density at radius 3 is 2.59 bits per heavy atom. The average molecular weight is 386 g/mol. The summed E-state index contributed by atoms with van der Waals surface area (Å²) in [5, 5.41) is 13.4. The van der Waals surface area contributed by atoms with Gasteiger partial charge in [-0.3, -0.25) is 4.40 Å². The molecule has 0 aliphatic heterocycles. The number of rotatable bonds is 6. The van der Waals surface area contributed by atoms with Crippen molar-refractivity contribution < 1.29 is 4.39 Å². The average Bonchev–Trinajstić information content (AvgIpc) is 3.11. The van der Waals surface area contributed by atoms with E-state index in [-0.39, 0.29) is 5.82 Å². The third-order valence-electron chi connectivity index (χ3n) is 5.37. The van der Waals surface area contributed by atoms with Gasteiger partial charge in [-0.1, -0.05) is 31.9 Å². The van der Waals surface area contributed by atoms with Crippen molar-refractivity contribution in [1.82, 2.24) is 9.38 Å². The monoisotopic (exact) mass is 386 g/mol. The number of anilines is 2. The molecule has 0 saturated heterocycles. The van der Waals surface area contributed by atoms with E-state index in [2.05, 4.69) is 18.3 Å². The summed E-state index contributed by atoms with van der Waals surface area (Å²) in [6, 6.07) is 16.6. The van der Waals surface area contributed by atoms with Gasteiger partial charge < -0.3 is 5.32 Å². The summed E-state index contributed by atoms with van der Waals surface area (Å²) in [5.74, 6) is 0.626. The van der Waals surface area contributed by atoms with E-state index >= 15 is 0 Å². The molecule has 146 valence electrons. The number of para-hydroxylation sites is 2. The molecule has 0 saturated carbocycles. The van der Waals surface area contributed by atoms with Gasteiger partial charge in [0.25, 0.3) is 0 Å². The molecule has 0 aliphatic rings. The van der Waals surface area contributed by atoms with Crippen LogP contribution in [0.3, 0.4) is 0 Å². The van der Waals surface area contributed by atoms with Crippen LogP contribution in [-0.2, 0) is 6.42 Å². The van der Waals surface area contributed by atoms with Crippen LogP contribution in [0.1, 0.15) is 42.9 Å². The van der Waals surface area contributed by atoms with Gasteiger partial charge in [0.1, 0.15) is 17.7 Å². The second-order valence-electron chi connectivity index (χ2n) is 7.29. The van der Waals surface area contributed by atoms with E-state index < -0.39 is 0 Å². The van der Waals surface area contributed by atoms with Crippen LogP contribution in [0.4, 0.5) is 15.9 Å². The predicted octanol–water partition coefficient (Wildman–Crippen LogP) is 6.28. The van der Waals surface area contributed by atoms with Crippen molar-refractivity contribution in [3.8, 4) is 6.07 Å². The SMILES string of the molecule is CCCCCc1c(C)c(C#N)c2nc3ccccc3n2c1Nc1ccc(F)cc1. The molecule has 4 aromatic rings. The lowest BCUT2D eigenvalue weighted by Crippen LogP contribution is -2.08. The van der Waals surface area contributed by atoms with Crippen LogP contribution < -0.4 is 5.32 Å². The number of unbranched alkanes of at least 4 members (excludes halogenated alkanes) is 2. The maximum atomic E-state index is 13.4. The van der Waals surface area contributed by atoms with Crippen LogP contribution in [0, 0.1) is 24.1 Å². The fourth-order valence-corrected chi connectivity index (χ4v) is 3.84. The van der Waals surface area contributed by atoms with E-state index in [0.29, 0.717) is 11.2 Å². The fourth-order valence-electron chi connectivity index (χ4n) is 3.84. The van der Waals surface area contributed by atoms with Gasteiger partial charge >= 0.3 is 0 Å². The second-order valence-corrected chi connectivity index (χ2v) is 7.29. The van der Waals surface area contributed by atoms with Gasteiger partial charge in [-0.15, -0.1) is 0 Å². The van der Waals surface area contributed by atoms with Crippen molar-refractivity contribution in [3.63, 3.8) is 0 Å². The van der Waals surface area contributed by atoms with Crippen molar-refractivity contribution >= 4 is 28.2 Å². The van der Waals surface area contributed by atoms with E-state index in [1.54, 1.807) is 12.1 Å². The first kappa shape index (κ1) is 18.9.